The fourth-order valence-corrected chi connectivity index (χ4v) is 11.3. The summed E-state index contributed by atoms with van der Waals surface area (Å²) in [6, 6.07) is 0. The number of rotatable bonds is 5. The number of halogens is 2. The molecule has 4 saturated carbocycles. The van der Waals surface area contributed by atoms with Gasteiger partial charge in [0.05, 0.1) is 0 Å². The van der Waals surface area contributed by atoms with Gasteiger partial charge < -0.3 is 0 Å². The second-order valence-corrected chi connectivity index (χ2v) is 15.1. The molecule has 0 nitrogen and oxygen atoms in total. The van der Waals surface area contributed by atoms with Gasteiger partial charge in [-0.05, 0) is 97.7 Å². The average Bonchev–Trinajstić information content (AvgIpc) is 3.01. The molecule has 0 amide bonds. The molecule has 4 rings (SSSR count). The first-order valence-electron chi connectivity index (χ1n) is 13.0. The van der Waals surface area contributed by atoms with Crippen molar-refractivity contribution in [3.05, 3.63) is 0 Å². The third-order valence-electron chi connectivity index (χ3n) is 10.9. The summed E-state index contributed by atoms with van der Waals surface area (Å²) < 4.78 is 0.343. The molecule has 0 aromatic rings. The van der Waals surface area contributed by atoms with Crippen LogP contribution in [0.2, 0.25) is 0 Å². The Balaban J connectivity index is 1.51. The number of fused-ring (bicyclic) bond motifs is 5. The van der Waals surface area contributed by atoms with Crippen molar-refractivity contribution in [3.63, 3.8) is 0 Å². The van der Waals surface area contributed by atoms with Crippen molar-refractivity contribution >= 4 is 31.9 Å². The molecule has 0 spiro atoms. The van der Waals surface area contributed by atoms with Gasteiger partial charge in [0.2, 0.25) is 0 Å². The Morgan fingerprint density at radius 1 is 0.862 bits per heavy atom. The van der Waals surface area contributed by atoms with Crippen LogP contribution in [0.4, 0.5) is 0 Å². The lowest BCUT2D eigenvalue weighted by Crippen LogP contribution is -2.62. The van der Waals surface area contributed by atoms with Crippen LogP contribution < -0.4 is 0 Å². The van der Waals surface area contributed by atoms with E-state index in [-0.39, 0.29) is 0 Å². The largest absolute Gasteiger partial charge is 0.0875 e. The standard InChI is InChI=1S/C27H46Br2/c1-18(2)8-6-9-19(3)21-11-12-22-20-13-17-27(29)24(28)10-7-15-26(27,5)23(20)14-16-25(21,22)4/h18-24H,6-17H2,1-5H3/t19-,20+,21-,22+,23+,24-,25-,26-,27-/m1/s1. The molecule has 29 heavy (non-hydrogen) atoms. The number of hydrogen-bond acceptors (Lipinski definition) is 0. The van der Waals surface area contributed by atoms with Crippen molar-refractivity contribution in [2.45, 2.75) is 121 Å². The fourth-order valence-electron chi connectivity index (χ4n) is 9.26. The summed E-state index contributed by atoms with van der Waals surface area (Å²) in [6.07, 6.45) is 17.5. The smallest absolute Gasteiger partial charge is 0.0439 e. The lowest BCUT2D eigenvalue weighted by Gasteiger charge is -2.65. The second-order valence-electron chi connectivity index (χ2n) is 12.6. The molecule has 4 aliphatic carbocycles. The molecular weight excluding hydrogens is 484 g/mol. The molecule has 0 aromatic carbocycles. The van der Waals surface area contributed by atoms with Gasteiger partial charge in [-0.15, -0.1) is 0 Å². The van der Waals surface area contributed by atoms with Gasteiger partial charge >= 0.3 is 0 Å². The molecular formula is C27H46Br2. The van der Waals surface area contributed by atoms with Gasteiger partial charge in [-0.25, -0.2) is 0 Å². The molecule has 0 unspecified atom stereocenters. The van der Waals surface area contributed by atoms with Crippen LogP contribution in [0, 0.1) is 46.3 Å². The maximum absolute atomic E-state index is 4.37. The lowest BCUT2D eigenvalue weighted by atomic mass is 9.44. The summed E-state index contributed by atoms with van der Waals surface area (Å²) >= 11 is 8.49. The van der Waals surface area contributed by atoms with E-state index in [4.69, 9.17) is 0 Å². The zero-order chi connectivity index (χ0) is 21.0. The molecule has 0 aromatic heterocycles. The molecule has 0 N–H and O–H groups in total. The van der Waals surface area contributed by atoms with Crippen LogP contribution in [0.5, 0.6) is 0 Å². The van der Waals surface area contributed by atoms with E-state index >= 15 is 0 Å². The Hall–Kier alpha value is 0.960. The van der Waals surface area contributed by atoms with Gasteiger partial charge in [-0.3, -0.25) is 0 Å². The van der Waals surface area contributed by atoms with Crippen LogP contribution in [-0.4, -0.2) is 9.15 Å². The first-order valence-corrected chi connectivity index (χ1v) is 14.7. The minimum atomic E-state index is 0.343. The van der Waals surface area contributed by atoms with Crippen molar-refractivity contribution in [2.24, 2.45) is 46.3 Å². The third-order valence-corrected chi connectivity index (χ3v) is 14.6. The molecule has 0 bridgehead atoms. The van der Waals surface area contributed by atoms with Crippen LogP contribution >= 0.6 is 31.9 Å². The van der Waals surface area contributed by atoms with Crippen molar-refractivity contribution in [3.8, 4) is 0 Å². The van der Waals surface area contributed by atoms with E-state index in [1.165, 1.54) is 77.0 Å². The first kappa shape index (κ1) is 23.1. The van der Waals surface area contributed by atoms with Crippen LogP contribution in [-0.2, 0) is 0 Å². The summed E-state index contributed by atoms with van der Waals surface area (Å²) in [4.78, 5) is 0.667. The quantitative estimate of drug-likeness (QED) is 0.311. The zero-order valence-corrected chi connectivity index (χ0v) is 23.0. The van der Waals surface area contributed by atoms with E-state index in [1.807, 2.05) is 0 Å². The van der Waals surface area contributed by atoms with Gasteiger partial charge in [0, 0.05) is 9.15 Å². The molecule has 0 aliphatic heterocycles. The first-order chi connectivity index (χ1) is 13.6. The van der Waals surface area contributed by atoms with E-state index in [0.717, 1.165) is 35.5 Å². The number of hydrogen-bond donors (Lipinski definition) is 0. The van der Waals surface area contributed by atoms with Gasteiger partial charge in [0.15, 0.2) is 0 Å². The molecule has 0 radical (unpaired) electrons. The topological polar surface area (TPSA) is 0 Å². The second kappa shape index (κ2) is 8.39. The van der Waals surface area contributed by atoms with Crippen LogP contribution in [0.3, 0.4) is 0 Å². The Kier molecular flexibility index (Phi) is 6.69. The Bertz CT molecular complexity index is 587. The molecule has 9 atom stereocenters. The maximum Gasteiger partial charge on any atom is 0.0439 e. The van der Waals surface area contributed by atoms with Crippen molar-refractivity contribution in [2.75, 3.05) is 0 Å². The molecule has 2 heteroatoms. The minimum absolute atomic E-state index is 0.343. The van der Waals surface area contributed by atoms with E-state index in [9.17, 15) is 0 Å². The van der Waals surface area contributed by atoms with Crippen molar-refractivity contribution < 1.29 is 0 Å². The summed E-state index contributed by atoms with van der Waals surface area (Å²) in [5.74, 6) is 5.73. The summed E-state index contributed by atoms with van der Waals surface area (Å²) in [5.41, 5.74) is 1.12. The van der Waals surface area contributed by atoms with Gasteiger partial charge in [-0.2, -0.15) is 0 Å². The summed E-state index contributed by atoms with van der Waals surface area (Å²) in [6.45, 7) is 12.8. The predicted octanol–water partition coefficient (Wildman–Crippen LogP) is 9.39. The zero-order valence-electron chi connectivity index (χ0n) is 19.8. The SMILES string of the molecule is CC(C)CCC[C@@H](C)[C@H]1CC[C@H]2[C@@H]3CC[C@@]4(Br)[C@H](Br)CCC[C@]4(C)[C@H]3CC[C@]12C. The fraction of sp³-hybridized carbons (Fsp3) is 1.00. The predicted molar refractivity (Wildman–Crippen MR) is 134 cm³/mol. The molecule has 4 fully saturated rings. The summed E-state index contributed by atoms with van der Waals surface area (Å²) in [5, 5.41) is 0. The van der Waals surface area contributed by atoms with Gasteiger partial charge in [0.25, 0.3) is 0 Å². The molecule has 0 saturated heterocycles. The van der Waals surface area contributed by atoms with Gasteiger partial charge in [0.1, 0.15) is 0 Å². The number of alkyl halides is 2. The van der Waals surface area contributed by atoms with E-state index < -0.39 is 0 Å². The van der Waals surface area contributed by atoms with E-state index in [2.05, 4.69) is 66.5 Å². The molecule has 0 heterocycles. The van der Waals surface area contributed by atoms with Gasteiger partial charge in [-0.1, -0.05) is 92.2 Å². The van der Waals surface area contributed by atoms with Crippen LogP contribution in [0.15, 0.2) is 0 Å². The highest BCUT2D eigenvalue weighted by Crippen LogP contribution is 2.71. The highest BCUT2D eigenvalue weighted by molar-refractivity contribution is 9.12. The molecule has 168 valence electrons. The lowest BCUT2D eigenvalue weighted by molar-refractivity contribution is -0.0989. The maximum atomic E-state index is 4.37. The van der Waals surface area contributed by atoms with Crippen molar-refractivity contribution in [1.82, 2.24) is 0 Å². The molecule has 4 aliphatic rings. The van der Waals surface area contributed by atoms with Crippen LogP contribution in [0.25, 0.3) is 0 Å². The minimum Gasteiger partial charge on any atom is -0.0875 e. The third kappa shape index (κ3) is 3.65. The Morgan fingerprint density at radius 3 is 2.34 bits per heavy atom. The van der Waals surface area contributed by atoms with Crippen molar-refractivity contribution in [1.29, 1.82) is 0 Å². The Labute approximate surface area is 198 Å². The van der Waals surface area contributed by atoms with Crippen LogP contribution in [0.1, 0.15) is 112 Å². The van der Waals surface area contributed by atoms with E-state index in [1.54, 1.807) is 0 Å². The average molecular weight is 530 g/mol. The highest BCUT2D eigenvalue weighted by atomic mass is 79.9. The monoisotopic (exact) mass is 528 g/mol. The normalized spacial score (nSPS) is 50.7. The summed E-state index contributed by atoms with van der Waals surface area (Å²) in [7, 11) is 0. The van der Waals surface area contributed by atoms with E-state index in [0.29, 0.717) is 20.0 Å². The Morgan fingerprint density at radius 2 is 1.62 bits per heavy atom. The highest BCUT2D eigenvalue weighted by Gasteiger charge is 2.65.